The van der Waals surface area contributed by atoms with E-state index < -0.39 is 11.8 Å². The molecule has 0 aliphatic rings. The molecule has 1 aromatic heterocycles. The molecule has 1 heterocycles. The molecule has 0 saturated heterocycles. The third-order valence-corrected chi connectivity index (χ3v) is 3.53. The highest BCUT2D eigenvalue weighted by molar-refractivity contribution is 5.83. The molecule has 2 rings (SSSR count). The summed E-state index contributed by atoms with van der Waals surface area (Å²) in [6.07, 6.45) is 0. The maximum Gasteiger partial charge on any atom is 0.420 e. The molecule has 2 amide bonds. The van der Waals surface area contributed by atoms with Gasteiger partial charge in [-0.05, 0) is 19.1 Å². The van der Waals surface area contributed by atoms with Crippen LogP contribution in [0.2, 0.25) is 0 Å². The Labute approximate surface area is 133 Å². The Balaban J connectivity index is 1.98. The Bertz CT molecular complexity index is 760. The number of carbonyl (C=O) groups is 2. The summed E-state index contributed by atoms with van der Waals surface area (Å²) in [6.45, 7) is 5.87. The Morgan fingerprint density at radius 2 is 1.70 bits per heavy atom. The van der Waals surface area contributed by atoms with Crippen molar-refractivity contribution in [3.63, 3.8) is 0 Å². The van der Waals surface area contributed by atoms with Gasteiger partial charge >= 0.3 is 5.76 Å². The highest BCUT2D eigenvalue weighted by atomic mass is 16.4. The van der Waals surface area contributed by atoms with Gasteiger partial charge in [0.15, 0.2) is 5.58 Å². The molecule has 7 heteroatoms. The summed E-state index contributed by atoms with van der Waals surface area (Å²) in [7, 11) is 0. The lowest BCUT2D eigenvalue weighted by Gasteiger charge is -2.14. The first-order valence-corrected chi connectivity index (χ1v) is 7.57. The first-order chi connectivity index (χ1) is 10.9. The summed E-state index contributed by atoms with van der Waals surface area (Å²) in [6, 6.07) is 6.25. The molecule has 2 N–H and O–H groups in total. The molecule has 23 heavy (non-hydrogen) atoms. The number of hydrogen-bond acceptors (Lipinski definition) is 4. The van der Waals surface area contributed by atoms with Crippen LogP contribution in [0.25, 0.3) is 11.1 Å². The van der Waals surface area contributed by atoms with Gasteiger partial charge in [0.2, 0.25) is 11.8 Å². The summed E-state index contributed by atoms with van der Waals surface area (Å²) >= 11 is 0. The largest absolute Gasteiger partial charge is 0.420 e. The molecule has 1 unspecified atom stereocenters. The summed E-state index contributed by atoms with van der Waals surface area (Å²) in [5.74, 6) is -1.04. The second kappa shape index (κ2) is 7.13. The lowest BCUT2D eigenvalue weighted by atomic mass is 10.2. The average Bonchev–Trinajstić information content (AvgIpc) is 2.85. The van der Waals surface area contributed by atoms with Crippen molar-refractivity contribution in [3.8, 4) is 0 Å². The van der Waals surface area contributed by atoms with Gasteiger partial charge in [0, 0.05) is 19.0 Å². The van der Waals surface area contributed by atoms with Gasteiger partial charge in [-0.25, -0.2) is 4.79 Å². The SMILES string of the molecule is CC(C)C(=O)NCCNC(=O)C(C)n1c(=O)oc2ccccc21. The van der Waals surface area contributed by atoms with Gasteiger partial charge in [0.1, 0.15) is 6.04 Å². The fourth-order valence-corrected chi connectivity index (χ4v) is 2.19. The lowest BCUT2D eigenvalue weighted by molar-refractivity contribution is -0.125. The van der Waals surface area contributed by atoms with Crippen molar-refractivity contribution in [3.05, 3.63) is 34.8 Å². The topological polar surface area (TPSA) is 93.3 Å². The van der Waals surface area contributed by atoms with Crippen molar-refractivity contribution in [2.24, 2.45) is 5.92 Å². The van der Waals surface area contributed by atoms with Crippen LogP contribution < -0.4 is 16.4 Å². The Hall–Kier alpha value is -2.57. The predicted molar refractivity (Wildman–Crippen MR) is 86.0 cm³/mol. The van der Waals surface area contributed by atoms with Crippen molar-refractivity contribution < 1.29 is 14.0 Å². The van der Waals surface area contributed by atoms with Crippen molar-refractivity contribution in [1.82, 2.24) is 15.2 Å². The first kappa shape index (κ1) is 16.8. The zero-order valence-corrected chi connectivity index (χ0v) is 13.5. The van der Waals surface area contributed by atoms with E-state index in [1.165, 1.54) is 4.57 Å². The number of para-hydroxylation sites is 2. The van der Waals surface area contributed by atoms with Crippen LogP contribution in [0.15, 0.2) is 33.5 Å². The minimum absolute atomic E-state index is 0.0654. The standard InChI is InChI=1S/C16H21N3O4/c1-10(2)14(20)17-8-9-18-15(21)11(3)19-12-6-4-5-7-13(12)23-16(19)22/h4-7,10-11H,8-9H2,1-3H3,(H,17,20)(H,18,21). The normalized spacial score (nSPS) is 12.3. The number of amides is 2. The smallest absolute Gasteiger partial charge is 0.408 e. The van der Waals surface area contributed by atoms with E-state index in [9.17, 15) is 14.4 Å². The molecule has 1 atom stereocenters. The zero-order chi connectivity index (χ0) is 17.0. The van der Waals surface area contributed by atoms with Gasteiger partial charge in [0.25, 0.3) is 0 Å². The third-order valence-electron chi connectivity index (χ3n) is 3.53. The first-order valence-electron chi connectivity index (χ1n) is 7.57. The minimum Gasteiger partial charge on any atom is -0.408 e. The number of carbonyl (C=O) groups excluding carboxylic acids is 2. The molecular formula is C16H21N3O4. The van der Waals surface area contributed by atoms with Crippen LogP contribution in [-0.4, -0.2) is 29.5 Å². The number of nitrogens with zero attached hydrogens (tertiary/aromatic N) is 1. The minimum atomic E-state index is -0.702. The van der Waals surface area contributed by atoms with Gasteiger partial charge in [-0.2, -0.15) is 0 Å². The molecule has 0 fully saturated rings. The number of oxazole rings is 1. The summed E-state index contributed by atoms with van der Waals surface area (Å²) in [5, 5.41) is 5.41. The van der Waals surface area contributed by atoms with Crippen LogP contribution in [-0.2, 0) is 9.59 Å². The highest BCUT2D eigenvalue weighted by Crippen LogP contribution is 2.16. The quantitative estimate of drug-likeness (QED) is 0.778. The Kier molecular flexibility index (Phi) is 5.20. The molecule has 1 aromatic carbocycles. The molecule has 124 valence electrons. The molecule has 0 aliphatic carbocycles. The second-order valence-electron chi connectivity index (χ2n) is 5.62. The van der Waals surface area contributed by atoms with Crippen LogP contribution in [0.4, 0.5) is 0 Å². The molecule has 0 aliphatic heterocycles. The molecule has 7 nitrogen and oxygen atoms in total. The fourth-order valence-electron chi connectivity index (χ4n) is 2.19. The predicted octanol–water partition coefficient (Wildman–Crippen LogP) is 1.04. The van der Waals surface area contributed by atoms with Crippen molar-refractivity contribution >= 4 is 22.9 Å². The summed E-state index contributed by atoms with van der Waals surface area (Å²) in [5.41, 5.74) is 1.02. The van der Waals surface area contributed by atoms with Crippen LogP contribution in [0.1, 0.15) is 26.8 Å². The number of fused-ring (bicyclic) bond motifs is 1. The van der Waals surface area contributed by atoms with E-state index in [4.69, 9.17) is 4.42 Å². The number of rotatable bonds is 6. The molecule has 0 saturated carbocycles. The maximum atomic E-state index is 12.2. The monoisotopic (exact) mass is 319 g/mol. The van der Waals surface area contributed by atoms with E-state index in [0.717, 1.165) is 0 Å². The zero-order valence-electron chi connectivity index (χ0n) is 13.5. The van der Waals surface area contributed by atoms with Gasteiger partial charge < -0.3 is 15.1 Å². The number of nitrogens with one attached hydrogen (secondary N) is 2. The van der Waals surface area contributed by atoms with Crippen LogP contribution in [0.3, 0.4) is 0 Å². The van der Waals surface area contributed by atoms with Crippen molar-refractivity contribution in [1.29, 1.82) is 0 Å². The molecule has 0 radical (unpaired) electrons. The maximum absolute atomic E-state index is 12.2. The summed E-state index contributed by atoms with van der Waals surface area (Å²) in [4.78, 5) is 35.5. The molecule has 0 bridgehead atoms. The average molecular weight is 319 g/mol. The van der Waals surface area contributed by atoms with Crippen molar-refractivity contribution in [2.45, 2.75) is 26.8 Å². The third kappa shape index (κ3) is 3.80. The van der Waals surface area contributed by atoms with Crippen LogP contribution >= 0.6 is 0 Å². The number of aromatic nitrogens is 1. The Morgan fingerprint density at radius 3 is 2.35 bits per heavy atom. The van der Waals surface area contributed by atoms with Crippen LogP contribution in [0, 0.1) is 5.92 Å². The van der Waals surface area contributed by atoms with Gasteiger partial charge in [-0.15, -0.1) is 0 Å². The number of benzene rings is 1. The van der Waals surface area contributed by atoms with Gasteiger partial charge in [-0.3, -0.25) is 14.2 Å². The van der Waals surface area contributed by atoms with E-state index in [-0.39, 0.29) is 17.7 Å². The van der Waals surface area contributed by atoms with E-state index in [1.807, 2.05) is 0 Å². The second-order valence-corrected chi connectivity index (χ2v) is 5.62. The van der Waals surface area contributed by atoms with E-state index in [2.05, 4.69) is 10.6 Å². The van der Waals surface area contributed by atoms with Gasteiger partial charge in [-0.1, -0.05) is 26.0 Å². The Morgan fingerprint density at radius 1 is 1.09 bits per heavy atom. The molecule has 0 spiro atoms. The fraction of sp³-hybridized carbons (Fsp3) is 0.438. The van der Waals surface area contributed by atoms with E-state index >= 15 is 0 Å². The van der Waals surface area contributed by atoms with E-state index in [0.29, 0.717) is 24.2 Å². The van der Waals surface area contributed by atoms with Crippen LogP contribution in [0.5, 0.6) is 0 Å². The van der Waals surface area contributed by atoms with E-state index in [1.54, 1.807) is 45.0 Å². The molecule has 2 aromatic rings. The molecular weight excluding hydrogens is 298 g/mol. The van der Waals surface area contributed by atoms with Crippen molar-refractivity contribution in [2.75, 3.05) is 13.1 Å². The summed E-state index contributed by atoms with van der Waals surface area (Å²) < 4.78 is 6.44. The van der Waals surface area contributed by atoms with Gasteiger partial charge in [0.05, 0.1) is 5.52 Å². The number of hydrogen-bond donors (Lipinski definition) is 2. The lowest BCUT2D eigenvalue weighted by Crippen LogP contribution is -2.39. The highest BCUT2D eigenvalue weighted by Gasteiger charge is 2.20.